The zero-order valence-electron chi connectivity index (χ0n) is 22.4. The fourth-order valence-corrected chi connectivity index (χ4v) is 8.49. The molecule has 2 aromatic carbocycles. The third-order valence-corrected chi connectivity index (χ3v) is 11.6. The largest absolute Gasteiger partial charge is 0.370 e. The average Bonchev–Trinajstić information content (AvgIpc) is 3.60. The Morgan fingerprint density at radius 1 is 1.07 bits per heavy atom. The molecule has 0 radical (unpaired) electrons. The van der Waals surface area contributed by atoms with Gasteiger partial charge in [-0.05, 0) is 67.6 Å². The Balaban J connectivity index is 1.35. The van der Waals surface area contributed by atoms with Gasteiger partial charge >= 0.3 is 0 Å². The van der Waals surface area contributed by atoms with Crippen LogP contribution < -0.4 is 4.90 Å². The molecule has 40 heavy (non-hydrogen) atoms. The first-order chi connectivity index (χ1) is 19.3. The monoisotopic (exact) mass is 576 g/mol. The number of nitrogens with zero attached hydrogens (tertiary/aromatic N) is 3. The number of aromatic nitrogens is 1. The van der Waals surface area contributed by atoms with Crippen LogP contribution in [-0.4, -0.2) is 39.6 Å². The first-order valence-corrected chi connectivity index (χ1v) is 16.8. The second kappa shape index (κ2) is 10.7. The van der Waals surface area contributed by atoms with E-state index >= 15 is 0 Å². The fourth-order valence-electron chi connectivity index (χ4n) is 6.10. The molecular formula is C31H33FN4O2S2. The second-order valence-corrected chi connectivity index (χ2v) is 15.0. The minimum Gasteiger partial charge on any atom is -0.370 e. The van der Waals surface area contributed by atoms with Crippen LogP contribution in [0, 0.1) is 33.3 Å². The zero-order valence-corrected chi connectivity index (χ0v) is 24.0. The summed E-state index contributed by atoms with van der Waals surface area (Å²) in [5.41, 5.74) is 3.39. The maximum Gasteiger partial charge on any atom is 0.138 e. The predicted molar refractivity (Wildman–Crippen MR) is 157 cm³/mol. The molecule has 3 fully saturated rings. The van der Waals surface area contributed by atoms with Crippen molar-refractivity contribution in [1.82, 2.24) is 4.98 Å². The molecule has 1 aromatic heterocycles. The molecule has 2 atom stereocenters. The van der Waals surface area contributed by atoms with Crippen molar-refractivity contribution in [2.75, 3.05) is 29.5 Å². The molecule has 0 amide bonds. The zero-order chi connectivity index (χ0) is 27.9. The minimum atomic E-state index is -2.46. The highest BCUT2D eigenvalue weighted by Crippen LogP contribution is 2.51. The topological polar surface area (TPSA) is 97.9 Å². The highest BCUT2D eigenvalue weighted by Gasteiger charge is 2.47. The predicted octanol–water partition coefficient (Wildman–Crippen LogP) is 7.02. The van der Waals surface area contributed by atoms with Gasteiger partial charge in [-0.1, -0.05) is 25.0 Å². The van der Waals surface area contributed by atoms with Crippen LogP contribution in [0.2, 0.25) is 0 Å². The maximum atomic E-state index is 13.7. The van der Waals surface area contributed by atoms with Crippen LogP contribution in [0.15, 0.2) is 48.5 Å². The summed E-state index contributed by atoms with van der Waals surface area (Å²) in [6, 6.07) is 17.1. The Kier molecular flexibility index (Phi) is 7.26. The second-order valence-electron chi connectivity index (χ2n) is 11.5. The molecule has 9 heteroatoms. The lowest BCUT2D eigenvalue weighted by Gasteiger charge is -2.31. The maximum absolute atomic E-state index is 13.7. The summed E-state index contributed by atoms with van der Waals surface area (Å²) >= 11 is 1.58. The number of carbonyl (C=O) groups excluding carboxylic acids is 1. The molecule has 1 saturated heterocycles. The molecule has 6 nitrogen and oxygen atoms in total. The van der Waals surface area contributed by atoms with E-state index in [4.69, 9.17) is 9.76 Å². The molecule has 0 bridgehead atoms. The van der Waals surface area contributed by atoms with Crippen molar-refractivity contribution in [2.24, 2.45) is 11.3 Å². The molecule has 3 aliphatic rings. The number of nitriles is 1. The van der Waals surface area contributed by atoms with E-state index in [0.717, 1.165) is 70.9 Å². The van der Waals surface area contributed by atoms with Gasteiger partial charge in [-0.15, -0.1) is 11.3 Å². The molecule has 2 heterocycles. The molecule has 208 valence electrons. The van der Waals surface area contributed by atoms with Gasteiger partial charge < -0.3 is 4.90 Å². The summed E-state index contributed by atoms with van der Waals surface area (Å²) < 4.78 is 33.6. The first kappa shape index (κ1) is 27.1. The van der Waals surface area contributed by atoms with Gasteiger partial charge in [-0.2, -0.15) is 5.26 Å². The average molecular weight is 577 g/mol. The molecule has 1 N–H and O–H groups in total. The van der Waals surface area contributed by atoms with E-state index in [-0.39, 0.29) is 23.4 Å². The highest BCUT2D eigenvalue weighted by atomic mass is 32.2. The number of ketones is 1. The molecule has 6 rings (SSSR count). The molecule has 1 aliphatic heterocycles. The van der Waals surface area contributed by atoms with Crippen molar-refractivity contribution in [2.45, 2.75) is 50.9 Å². The van der Waals surface area contributed by atoms with Crippen molar-refractivity contribution in [3.05, 3.63) is 60.0 Å². The molecule has 3 aromatic rings. The Morgan fingerprint density at radius 3 is 2.38 bits per heavy atom. The van der Waals surface area contributed by atoms with Crippen molar-refractivity contribution in [3.8, 4) is 27.1 Å². The van der Waals surface area contributed by atoms with Crippen LogP contribution in [0.4, 0.5) is 10.1 Å². The van der Waals surface area contributed by atoms with Gasteiger partial charge in [-0.25, -0.2) is 13.6 Å². The Morgan fingerprint density at radius 2 is 1.73 bits per heavy atom. The fraction of sp³-hybridized carbons (Fsp3) is 0.452. The summed E-state index contributed by atoms with van der Waals surface area (Å²) in [5.74, 6) is 0.520. The first-order valence-electron chi connectivity index (χ1n) is 14.1. The standard InChI is InChI=1S/C31H33FN4O2S2/c32-23-9-5-22(6-10-23)30-35-28(26-4-2-1-3-25(26)27(37)19-31(20-33)13-14-31)29(39-30)21-7-11-24(12-8-21)36-15-17-40(34,38)18-16-36/h5-12,25-26,34H,1-4,13-19H2/t25-,26-/m1/s1. The van der Waals surface area contributed by atoms with Gasteiger partial charge in [0.05, 0.1) is 22.1 Å². The number of hydrogen-bond donors (Lipinski definition) is 1. The number of nitrogens with one attached hydrogen (secondary N) is 1. The normalized spacial score (nSPS) is 23.4. The van der Waals surface area contributed by atoms with Gasteiger partial charge in [0.15, 0.2) is 0 Å². The number of anilines is 1. The molecule has 0 spiro atoms. The van der Waals surface area contributed by atoms with Gasteiger partial charge in [0, 0.05) is 63.8 Å². The van der Waals surface area contributed by atoms with Crippen LogP contribution in [0.5, 0.6) is 0 Å². The Hall–Kier alpha value is -3.09. The number of carbonyl (C=O) groups is 1. The van der Waals surface area contributed by atoms with Crippen LogP contribution in [0.1, 0.15) is 56.6 Å². The van der Waals surface area contributed by atoms with Gasteiger partial charge in [0.2, 0.25) is 0 Å². The summed E-state index contributed by atoms with van der Waals surface area (Å²) in [6.07, 6.45) is 5.70. The van der Waals surface area contributed by atoms with Crippen molar-refractivity contribution < 1.29 is 13.4 Å². The van der Waals surface area contributed by atoms with Gasteiger partial charge in [0.25, 0.3) is 0 Å². The number of rotatable bonds is 7. The van der Waals surface area contributed by atoms with Crippen LogP contribution in [0.3, 0.4) is 0 Å². The smallest absolute Gasteiger partial charge is 0.138 e. The minimum absolute atomic E-state index is 0.0110. The van der Waals surface area contributed by atoms with Gasteiger partial charge in [-0.3, -0.25) is 9.57 Å². The summed E-state index contributed by atoms with van der Waals surface area (Å²) in [4.78, 5) is 21.9. The lowest BCUT2D eigenvalue weighted by atomic mass is 9.73. The van der Waals surface area contributed by atoms with Crippen molar-refractivity contribution in [3.63, 3.8) is 0 Å². The third-order valence-electron chi connectivity index (χ3n) is 8.76. The van der Waals surface area contributed by atoms with E-state index < -0.39 is 15.1 Å². The van der Waals surface area contributed by atoms with E-state index in [9.17, 15) is 18.7 Å². The van der Waals surface area contributed by atoms with E-state index in [1.165, 1.54) is 12.1 Å². The van der Waals surface area contributed by atoms with Crippen LogP contribution >= 0.6 is 11.3 Å². The lowest BCUT2D eigenvalue weighted by Crippen LogP contribution is -2.39. The van der Waals surface area contributed by atoms with Crippen LogP contribution in [-0.2, 0) is 14.5 Å². The molecule has 2 aliphatic carbocycles. The van der Waals surface area contributed by atoms with E-state index in [0.29, 0.717) is 31.0 Å². The molecule has 0 unspecified atom stereocenters. The van der Waals surface area contributed by atoms with Crippen molar-refractivity contribution >= 4 is 32.5 Å². The quantitative estimate of drug-likeness (QED) is 0.326. The third kappa shape index (κ3) is 5.57. The number of halogens is 1. The number of thiazole rings is 1. The van der Waals surface area contributed by atoms with Crippen LogP contribution in [0.25, 0.3) is 21.0 Å². The number of Topliss-reactive ketones (excluding diaryl/α,β-unsaturated/α-hetero) is 1. The summed E-state index contributed by atoms with van der Waals surface area (Å²) in [6.45, 7) is 1.22. The Bertz CT molecular complexity index is 1540. The van der Waals surface area contributed by atoms with Gasteiger partial charge in [0.1, 0.15) is 16.6 Å². The SMILES string of the molecule is N#CC1(CC(=O)[C@@H]2CCCC[C@H]2c2nc(-c3ccc(F)cc3)sc2-c2ccc(N3CCS(=N)(=O)CC3)cc2)CC1. The Labute approximate surface area is 239 Å². The molecule has 2 saturated carbocycles. The molecular weight excluding hydrogens is 543 g/mol. The lowest BCUT2D eigenvalue weighted by molar-refractivity contribution is -0.125. The number of hydrogen-bond acceptors (Lipinski definition) is 7. The van der Waals surface area contributed by atoms with E-state index in [2.05, 4.69) is 35.2 Å². The van der Waals surface area contributed by atoms with E-state index in [1.807, 2.05) is 0 Å². The summed E-state index contributed by atoms with van der Waals surface area (Å²) in [7, 11) is -2.46. The van der Waals surface area contributed by atoms with E-state index in [1.54, 1.807) is 23.5 Å². The van der Waals surface area contributed by atoms with Crippen molar-refractivity contribution in [1.29, 1.82) is 10.0 Å². The number of benzene rings is 2. The highest BCUT2D eigenvalue weighted by molar-refractivity contribution is 7.92. The summed E-state index contributed by atoms with van der Waals surface area (Å²) in [5, 5.41) is 10.4.